The Morgan fingerprint density at radius 1 is 0.964 bits per heavy atom. The van der Waals surface area contributed by atoms with Crippen molar-refractivity contribution >= 4 is 11.5 Å². The van der Waals surface area contributed by atoms with Crippen LogP contribution in [0.4, 0.5) is 32.0 Å². The van der Waals surface area contributed by atoms with Gasteiger partial charge >= 0.3 is 12.4 Å². The van der Waals surface area contributed by atoms with Crippen molar-refractivity contribution in [2.24, 2.45) is 0 Å². The summed E-state index contributed by atoms with van der Waals surface area (Å²) in [4.78, 5) is 12.2. The summed E-state index contributed by atoms with van der Waals surface area (Å²) in [5.41, 5.74) is -3.01. The quantitative estimate of drug-likeness (QED) is 0.382. The molecule has 0 radical (unpaired) electrons. The molecule has 150 valence electrons. The van der Waals surface area contributed by atoms with Crippen molar-refractivity contribution in [2.45, 2.75) is 19.3 Å². The Morgan fingerprint density at radius 3 is 2.04 bits per heavy atom. The summed E-state index contributed by atoms with van der Waals surface area (Å²) in [5, 5.41) is 2.41. The fourth-order valence-electron chi connectivity index (χ4n) is 2.35. The molecular weight excluding hydrogens is 388 g/mol. The van der Waals surface area contributed by atoms with Gasteiger partial charge < -0.3 is 10.1 Å². The zero-order valence-electron chi connectivity index (χ0n) is 14.7. The standard InChI is InChI=1S/C19H15F6NO2/c1-11(6-17(27)12-4-3-5-16(7-12)28-2)26-15-9-13(18(20,21)22)8-14(10-15)19(23,24)25/h3-10,26H,1-2H3/b11-6+. The molecule has 0 saturated heterocycles. The predicted octanol–water partition coefficient (Wildman–Crippen LogP) is 5.93. The van der Waals surface area contributed by atoms with Gasteiger partial charge in [0, 0.05) is 23.0 Å². The monoisotopic (exact) mass is 403 g/mol. The molecule has 0 atom stereocenters. The van der Waals surface area contributed by atoms with E-state index in [1.807, 2.05) is 0 Å². The third-order valence-corrected chi connectivity index (χ3v) is 3.63. The van der Waals surface area contributed by atoms with E-state index in [1.165, 1.54) is 26.2 Å². The van der Waals surface area contributed by atoms with E-state index in [4.69, 9.17) is 4.74 Å². The maximum Gasteiger partial charge on any atom is 0.416 e. The van der Waals surface area contributed by atoms with Gasteiger partial charge in [-0.25, -0.2) is 0 Å². The third-order valence-electron chi connectivity index (χ3n) is 3.63. The minimum Gasteiger partial charge on any atom is -0.497 e. The molecule has 2 rings (SSSR count). The molecule has 0 aliphatic rings. The van der Waals surface area contributed by atoms with Crippen molar-refractivity contribution in [3.63, 3.8) is 0 Å². The Bertz CT molecular complexity index is 868. The Kier molecular flexibility index (Phi) is 6.06. The second kappa shape index (κ2) is 7.95. The Hall–Kier alpha value is -2.97. The topological polar surface area (TPSA) is 38.3 Å². The van der Waals surface area contributed by atoms with Gasteiger partial charge in [-0.05, 0) is 37.3 Å². The van der Waals surface area contributed by atoms with Crippen LogP contribution < -0.4 is 10.1 Å². The normalized spacial score (nSPS) is 12.6. The predicted molar refractivity (Wildman–Crippen MR) is 91.2 cm³/mol. The van der Waals surface area contributed by atoms with E-state index in [0.717, 1.165) is 6.08 Å². The lowest BCUT2D eigenvalue weighted by Crippen LogP contribution is -2.12. The molecule has 0 aliphatic carbocycles. The van der Waals surface area contributed by atoms with Crippen LogP contribution in [0, 0.1) is 0 Å². The highest BCUT2D eigenvalue weighted by atomic mass is 19.4. The fraction of sp³-hybridized carbons (Fsp3) is 0.211. The first-order valence-electron chi connectivity index (χ1n) is 7.83. The van der Waals surface area contributed by atoms with Gasteiger partial charge in [-0.1, -0.05) is 12.1 Å². The number of carbonyl (C=O) groups is 1. The lowest BCUT2D eigenvalue weighted by molar-refractivity contribution is -0.143. The lowest BCUT2D eigenvalue weighted by Gasteiger charge is -2.15. The van der Waals surface area contributed by atoms with Crippen LogP contribution in [0.1, 0.15) is 28.4 Å². The number of methoxy groups -OCH3 is 1. The number of alkyl halides is 6. The lowest BCUT2D eigenvalue weighted by atomic mass is 10.1. The van der Waals surface area contributed by atoms with E-state index in [9.17, 15) is 31.1 Å². The summed E-state index contributed by atoms with van der Waals surface area (Å²) in [5.74, 6) is -0.0653. The largest absolute Gasteiger partial charge is 0.497 e. The molecule has 2 aromatic rings. The summed E-state index contributed by atoms with van der Waals surface area (Å²) >= 11 is 0. The molecule has 28 heavy (non-hydrogen) atoms. The average molecular weight is 403 g/mol. The van der Waals surface area contributed by atoms with Crippen molar-refractivity contribution in [1.82, 2.24) is 0 Å². The Morgan fingerprint density at radius 2 is 1.54 bits per heavy atom. The summed E-state index contributed by atoms with van der Waals surface area (Å²) < 4.78 is 82.4. The second-order valence-corrected chi connectivity index (χ2v) is 5.84. The molecule has 2 aromatic carbocycles. The van der Waals surface area contributed by atoms with Crippen molar-refractivity contribution < 1.29 is 35.9 Å². The number of carbonyl (C=O) groups excluding carboxylic acids is 1. The number of ketones is 1. The molecule has 0 unspecified atom stereocenters. The van der Waals surface area contributed by atoms with Gasteiger partial charge in [-0.15, -0.1) is 0 Å². The number of allylic oxidation sites excluding steroid dienone is 2. The molecule has 0 fully saturated rings. The van der Waals surface area contributed by atoms with E-state index in [1.54, 1.807) is 12.1 Å². The summed E-state index contributed by atoms with van der Waals surface area (Å²) in [7, 11) is 1.41. The molecule has 0 aromatic heterocycles. The molecular formula is C19H15F6NO2. The minimum absolute atomic E-state index is 0.0334. The van der Waals surface area contributed by atoms with Gasteiger partial charge in [0.15, 0.2) is 5.78 Å². The average Bonchev–Trinajstić information content (AvgIpc) is 2.59. The molecule has 0 aliphatic heterocycles. The smallest absolute Gasteiger partial charge is 0.416 e. The molecule has 1 N–H and O–H groups in total. The number of rotatable bonds is 5. The molecule has 0 spiro atoms. The first-order chi connectivity index (χ1) is 12.9. The van der Waals surface area contributed by atoms with Crippen LogP contribution in [0.2, 0.25) is 0 Å². The molecule has 3 nitrogen and oxygen atoms in total. The van der Waals surface area contributed by atoms with Gasteiger partial charge in [0.1, 0.15) is 5.75 Å². The first-order valence-corrected chi connectivity index (χ1v) is 7.83. The molecule has 0 amide bonds. The molecule has 0 saturated carbocycles. The fourth-order valence-corrected chi connectivity index (χ4v) is 2.35. The van der Waals surface area contributed by atoms with E-state index in [2.05, 4.69) is 5.32 Å². The zero-order chi connectivity index (χ0) is 21.1. The highest BCUT2D eigenvalue weighted by molar-refractivity contribution is 6.05. The highest BCUT2D eigenvalue weighted by Gasteiger charge is 2.36. The number of ether oxygens (including phenoxy) is 1. The molecule has 0 heterocycles. The summed E-state index contributed by atoms with van der Waals surface area (Å²) in [6.07, 6.45) is -8.83. The van der Waals surface area contributed by atoms with E-state index in [-0.39, 0.29) is 17.3 Å². The van der Waals surface area contributed by atoms with E-state index in [0.29, 0.717) is 17.9 Å². The third kappa shape index (κ3) is 5.51. The van der Waals surface area contributed by atoms with Crippen LogP contribution in [0.25, 0.3) is 0 Å². The van der Waals surface area contributed by atoms with E-state index >= 15 is 0 Å². The summed E-state index contributed by atoms with van der Waals surface area (Å²) in [6.45, 7) is 1.35. The minimum atomic E-state index is -4.95. The Labute approximate surface area is 156 Å². The van der Waals surface area contributed by atoms with Crippen molar-refractivity contribution in [1.29, 1.82) is 0 Å². The number of anilines is 1. The molecule has 9 heteroatoms. The maximum atomic E-state index is 12.9. The van der Waals surface area contributed by atoms with Crippen LogP contribution >= 0.6 is 0 Å². The van der Waals surface area contributed by atoms with Gasteiger partial charge in [0.25, 0.3) is 0 Å². The number of halogens is 6. The number of hydrogen-bond donors (Lipinski definition) is 1. The molecule has 0 bridgehead atoms. The van der Waals surface area contributed by atoms with Crippen molar-refractivity contribution in [3.05, 3.63) is 70.9 Å². The highest BCUT2D eigenvalue weighted by Crippen LogP contribution is 2.37. The van der Waals surface area contributed by atoms with Gasteiger partial charge in [-0.3, -0.25) is 4.79 Å². The Balaban J connectivity index is 2.32. The van der Waals surface area contributed by atoms with E-state index < -0.39 is 35.0 Å². The van der Waals surface area contributed by atoms with Crippen LogP contribution in [0.15, 0.2) is 54.2 Å². The zero-order valence-corrected chi connectivity index (χ0v) is 14.7. The van der Waals surface area contributed by atoms with Crippen molar-refractivity contribution in [2.75, 3.05) is 12.4 Å². The summed E-state index contributed by atoms with van der Waals surface area (Å²) in [6, 6.07) is 7.27. The van der Waals surface area contributed by atoms with Crippen LogP contribution in [-0.4, -0.2) is 12.9 Å². The first kappa shape index (κ1) is 21.3. The van der Waals surface area contributed by atoms with Crippen LogP contribution in [0.3, 0.4) is 0 Å². The van der Waals surface area contributed by atoms with Crippen LogP contribution in [-0.2, 0) is 12.4 Å². The van der Waals surface area contributed by atoms with Gasteiger partial charge in [-0.2, -0.15) is 26.3 Å². The number of nitrogens with one attached hydrogen (secondary N) is 1. The SMILES string of the molecule is COc1cccc(C(=O)/C=C(\C)Nc2cc(C(F)(F)F)cc(C(F)(F)F)c2)c1. The number of benzene rings is 2. The van der Waals surface area contributed by atoms with Gasteiger partial charge in [0.2, 0.25) is 0 Å². The number of hydrogen-bond acceptors (Lipinski definition) is 3. The van der Waals surface area contributed by atoms with Crippen LogP contribution in [0.5, 0.6) is 5.75 Å². The van der Waals surface area contributed by atoms with Crippen molar-refractivity contribution in [3.8, 4) is 5.75 Å². The maximum absolute atomic E-state index is 12.9. The van der Waals surface area contributed by atoms with Gasteiger partial charge in [0.05, 0.1) is 18.2 Å². The second-order valence-electron chi connectivity index (χ2n) is 5.84.